The molecule has 0 radical (unpaired) electrons. The fraction of sp³-hybridized carbons (Fsp3) is 0.500. The lowest BCUT2D eigenvalue weighted by atomic mass is 9.75. The first kappa shape index (κ1) is 11.4. The minimum atomic E-state index is -0.683. The molecule has 1 aromatic carbocycles. The van der Waals surface area contributed by atoms with Gasteiger partial charge < -0.3 is 14.6 Å². The highest BCUT2D eigenvalue weighted by Gasteiger charge is 2.32. The Bertz CT molecular complexity index is 469. The normalized spacial score (nSPS) is 26.0. The van der Waals surface area contributed by atoms with Crippen LogP contribution in [0.5, 0.6) is 11.5 Å². The summed E-state index contributed by atoms with van der Waals surface area (Å²) in [6.07, 6.45) is 3.83. The van der Waals surface area contributed by atoms with Crippen LogP contribution in [0.25, 0.3) is 0 Å². The van der Waals surface area contributed by atoms with Gasteiger partial charge in [0.15, 0.2) is 11.5 Å². The average Bonchev–Trinajstić information content (AvgIpc) is 2.85. The molecule has 2 aliphatic rings. The lowest BCUT2D eigenvalue weighted by Gasteiger charge is -2.28. The van der Waals surface area contributed by atoms with Gasteiger partial charge in [-0.1, -0.05) is 18.9 Å². The van der Waals surface area contributed by atoms with E-state index in [4.69, 9.17) is 9.47 Å². The maximum atomic E-state index is 11.3. The monoisotopic (exact) mass is 248 g/mol. The van der Waals surface area contributed by atoms with E-state index >= 15 is 0 Å². The van der Waals surface area contributed by atoms with Gasteiger partial charge in [0.2, 0.25) is 6.79 Å². The summed E-state index contributed by atoms with van der Waals surface area (Å²) >= 11 is 0. The van der Waals surface area contributed by atoms with E-state index in [9.17, 15) is 9.90 Å². The smallest absolute Gasteiger partial charge is 0.307 e. The van der Waals surface area contributed by atoms with Crippen molar-refractivity contribution >= 4 is 5.97 Å². The minimum Gasteiger partial charge on any atom is -0.481 e. The van der Waals surface area contributed by atoms with Gasteiger partial charge in [0.25, 0.3) is 0 Å². The summed E-state index contributed by atoms with van der Waals surface area (Å²) in [7, 11) is 0. The molecule has 0 aromatic heterocycles. The van der Waals surface area contributed by atoms with Gasteiger partial charge in [-0.2, -0.15) is 0 Å². The molecule has 1 aromatic rings. The molecule has 1 fully saturated rings. The molecular weight excluding hydrogens is 232 g/mol. The topological polar surface area (TPSA) is 55.8 Å². The van der Waals surface area contributed by atoms with E-state index in [-0.39, 0.29) is 18.6 Å². The molecule has 4 nitrogen and oxygen atoms in total. The molecule has 18 heavy (non-hydrogen) atoms. The highest BCUT2D eigenvalue weighted by Crippen LogP contribution is 2.41. The number of carboxylic acids is 1. The van der Waals surface area contributed by atoms with Crippen LogP contribution >= 0.6 is 0 Å². The zero-order valence-corrected chi connectivity index (χ0v) is 10.1. The van der Waals surface area contributed by atoms with Crippen molar-refractivity contribution < 1.29 is 19.4 Å². The number of rotatable bonds is 2. The van der Waals surface area contributed by atoms with Gasteiger partial charge in [-0.05, 0) is 36.5 Å². The highest BCUT2D eigenvalue weighted by atomic mass is 16.7. The summed E-state index contributed by atoms with van der Waals surface area (Å²) in [5, 5.41) is 9.31. The van der Waals surface area contributed by atoms with Gasteiger partial charge in [-0.15, -0.1) is 0 Å². The Kier molecular flexibility index (Phi) is 2.86. The number of benzene rings is 1. The molecule has 3 rings (SSSR count). The minimum absolute atomic E-state index is 0.103. The third-order valence-corrected chi connectivity index (χ3v) is 3.91. The molecule has 2 atom stereocenters. The molecule has 1 N–H and O–H groups in total. The molecule has 1 aliphatic carbocycles. The molecule has 1 heterocycles. The van der Waals surface area contributed by atoms with E-state index in [2.05, 4.69) is 0 Å². The van der Waals surface area contributed by atoms with E-state index in [1.165, 1.54) is 0 Å². The predicted octanol–water partition coefficient (Wildman–Crippen LogP) is 2.77. The van der Waals surface area contributed by atoms with Crippen LogP contribution in [0, 0.1) is 5.92 Å². The van der Waals surface area contributed by atoms with Crippen molar-refractivity contribution in [3.8, 4) is 11.5 Å². The van der Waals surface area contributed by atoms with Crippen molar-refractivity contribution in [1.82, 2.24) is 0 Å². The van der Waals surface area contributed by atoms with Crippen molar-refractivity contribution in [2.45, 2.75) is 31.6 Å². The zero-order chi connectivity index (χ0) is 12.5. The van der Waals surface area contributed by atoms with Gasteiger partial charge >= 0.3 is 5.97 Å². The van der Waals surface area contributed by atoms with E-state index in [1.807, 2.05) is 18.2 Å². The Hall–Kier alpha value is -1.71. The summed E-state index contributed by atoms with van der Waals surface area (Å²) in [6, 6.07) is 5.79. The molecule has 96 valence electrons. The van der Waals surface area contributed by atoms with Gasteiger partial charge in [-0.25, -0.2) is 0 Å². The van der Waals surface area contributed by atoms with Gasteiger partial charge in [-0.3, -0.25) is 4.79 Å². The molecule has 0 bridgehead atoms. The van der Waals surface area contributed by atoms with Crippen LogP contribution in [0.1, 0.15) is 37.2 Å². The van der Waals surface area contributed by atoms with Crippen molar-refractivity contribution in [2.75, 3.05) is 6.79 Å². The number of carboxylic acid groups (broad SMARTS) is 1. The first-order valence-corrected chi connectivity index (χ1v) is 6.38. The van der Waals surface area contributed by atoms with Crippen LogP contribution < -0.4 is 9.47 Å². The Balaban J connectivity index is 1.90. The van der Waals surface area contributed by atoms with E-state index < -0.39 is 5.97 Å². The second-order valence-electron chi connectivity index (χ2n) is 4.95. The van der Waals surface area contributed by atoms with Gasteiger partial charge in [0.1, 0.15) is 0 Å². The second-order valence-corrected chi connectivity index (χ2v) is 4.95. The molecule has 0 amide bonds. The van der Waals surface area contributed by atoms with Crippen molar-refractivity contribution in [2.24, 2.45) is 5.92 Å². The molecule has 0 spiro atoms. The summed E-state index contributed by atoms with van der Waals surface area (Å²) in [5.41, 5.74) is 1.06. The second kappa shape index (κ2) is 4.52. The predicted molar refractivity (Wildman–Crippen MR) is 64.9 cm³/mol. The third kappa shape index (κ3) is 1.92. The number of fused-ring (bicyclic) bond motifs is 1. The van der Waals surface area contributed by atoms with Crippen molar-refractivity contribution in [1.29, 1.82) is 0 Å². The van der Waals surface area contributed by atoms with E-state index in [0.29, 0.717) is 0 Å². The van der Waals surface area contributed by atoms with Crippen LogP contribution in [-0.2, 0) is 4.79 Å². The molecule has 2 unspecified atom stereocenters. The third-order valence-electron chi connectivity index (χ3n) is 3.91. The highest BCUT2D eigenvalue weighted by molar-refractivity contribution is 5.71. The van der Waals surface area contributed by atoms with Gasteiger partial charge in [0.05, 0.1) is 5.92 Å². The van der Waals surface area contributed by atoms with Crippen molar-refractivity contribution in [3.05, 3.63) is 23.8 Å². The van der Waals surface area contributed by atoms with Crippen LogP contribution in [0.15, 0.2) is 18.2 Å². The van der Waals surface area contributed by atoms with E-state index in [1.54, 1.807) is 0 Å². The van der Waals surface area contributed by atoms with Crippen LogP contribution in [-0.4, -0.2) is 17.9 Å². The SMILES string of the molecule is O=C(O)C1CCCCC1c1ccc2c(c1)OCO2. The van der Waals surface area contributed by atoms with E-state index in [0.717, 1.165) is 42.7 Å². The van der Waals surface area contributed by atoms with Gasteiger partial charge in [0, 0.05) is 0 Å². The lowest BCUT2D eigenvalue weighted by molar-refractivity contribution is -0.143. The quantitative estimate of drug-likeness (QED) is 0.874. The van der Waals surface area contributed by atoms with Crippen LogP contribution in [0.4, 0.5) is 0 Å². The largest absolute Gasteiger partial charge is 0.481 e. The Morgan fingerprint density at radius 3 is 2.78 bits per heavy atom. The first-order chi connectivity index (χ1) is 8.75. The maximum absolute atomic E-state index is 11.3. The molecule has 0 saturated heterocycles. The standard InChI is InChI=1S/C14H16O4/c15-14(16)11-4-2-1-3-10(11)9-5-6-12-13(7-9)18-8-17-12/h5-7,10-11H,1-4,8H2,(H,15,16). The summed E-state index contributed by atoms with van der Waals surface area (Å²) < 4.78 is 10.6. The number of hydrogen-bond donors (Lipinski definition) is 1. The Morgan fingerprint density at radius 1 is 1.17 bits per heavy atom. The van der Waals surface area contributed by atoms with Crippen molar-refractivity contribution in [3.63, 3.8) is 0 Å². The number of carbonyl (C=O) groups is 1. The fourth-order valence-corrected chi connectivity index (χ4v) is 2.97. The summed E-state index contributed by atoms with van der Waals surface area (Å²) in [6.45, 7) is 0.256. The lowest BCUT2D eigenvalue weighted by Crippen LogP contribution is -2.25. The first-order valence-electron chi connectivity index (χ1n) is 6.38. The number of ether oxygens (including phenoxy) is 2. The Labute approximate surface area is 106 Å². The number of aliphatic carboxylic acids is 1. The number of hydrogen-bond acceptors (Lipinski definition) is 3. The van der Waals surface area contributed by atoms with Crippen LogP contribution in [0.2, 0.25) is 0 Å². The Morgan fingerprint density at radius 2 is 1.94 bits per heavy atom. The molecule has 1 saturated carbocycles. The summed E-state index contributed by atoms with van der Waals surface area (Å²) in [5.74, 6) is 0.644. The molecular formula is C14H16O4. The van der Waals surface area contributed by atoms with Crippen LogP contribution in [0.3, 0.4) is 0 Å². The fourth-order valence-electron chi connectivity index (χ4n) is 2.97. The zero-order valence-electron chi connectivity index (χ0n) is 10.1. The summed E-state index contributed by atoms with van der Waals surface area (Å²) in [4.78, 5) is 11.3. The maximum Gasteiger partial charge on any atom is 0.307 e. The average molecular weight is 248 g/mol. The molecule has 1 aliphatic heterocycles. The molecule has 4 heteroatoms.